The highest BCUT2D eigenvalue weighted by Crippen LogP contribution is 2.50. The molecule has 0 N–H and O–H groups in total. The first-order valence-electron chi connectivity index (χ1n) is 11.1. The van der Waals surface area contributed by atoms with Crippen LogP contribution in [0.3, 0.4) is 0 Å². The summed E-state index contributed by atoms with van der Waals surface area (Å²) in [6, 6.07) is 0. The number of Topliss-reactive ketones (excluding diaryl/α,β-unsaturated/α-hetero) is 1. The van der Waals surface area contributed by atoms with Crippen LogP contribution in [0.15, 0.2) is 11.8 Å². The number of fused-ring (bicyclic) bond motifs is 1. The van der Waals surface area contributed by atoms with Crippen LogP contribution < -0.4 is 0 Å². The third kappa shape index (κ3) is 4.29. The molecule has 0 aromatic carbocycles. The normalized spacial score (nSPS) is 31.3. The zero-order valence-electron chi connectivity index (χ0n) is 17.8. The summed E-state index contributed by atoms with van der Waals surface area (Å²) in [6.45, 7) is 11.7. The van der Waals surface area contributed by atoms with Crippen molar-refractivity contribution in [3.05, 3.63) is 11.8 Å². The molecule has 3 rings (SSSR count). The Bertz CT molecular complexity index is 537. The van der Waals surface area contributed by atoms with Crippen molar-refractivity contribution in [2.24, 2.45) is 23.7 Å². The van der Waals surface area contributed by atoms with Crippen LogP contribution in [0.25, 0.3) is 0 Å². The molecule has 0 heterocycles. The van der Waals surface area contributed by atoms with Crippen LogP contribution in [-0.2, 0) is 9.22 Å². The number of hydrogen-bond acceptors (Lipinski definition) is 2. The highest BCUT2D eigenvalue weighted by atomic mass is 28.4. The Kier molecular flexibility index (Phi) is 6.06. The van der Waals surface area contributed by atoms with Gasteiger partial charge in [-0.05, 0) is 61.7 Å². The van der Waals surface area contributed by atoms with Gasteiger partial charge < -0.3 is 4.43 Å². The average Bonchev–Trinajstić information content (AvgIpc) is 3.15. The molecule has 26 heavy (non-hydrogen) atoms. The minimum atomic E-state index is -1.84. The van der Waals surface area contributed by atoms with Crippen LogP contribution >= 0.6 is 0 Å². The average molecular weight is 377 g/mol. The highest BCUT2D eigenvalue weighted by Gasteiger charge is 2.48. The smallest absolute Gasteiger partial charge is 0.250 e. The van der Waals surface area contributed by atoms with Gasteiger partial charge in [0.25, 0.3) is 0 Å². The summed E-state index contributed by atoms with van der Waals surface area (Å²) in [4.78, 5) is 12.2. The van der Waals surface area contributed by atoms with Crippen molar-refractivity contribution < 1.29 is 9.22 Å². The molecule has 0 spiro atoms. The largest absolute Gasteiger partial charge is 0.547 e. The van der Waals surface area contributed by atoms with Crippen LogP contribution in [-0.4, -0.2) is 14.1 Å². The maximum Gasteiger partial charge on any atom is 0.250 e. The molecule has 0 saturated heterocycles. The molecule has 0 bridgehead atoms. The van der Waals surface area contributed by atoms with Crippen molar-refractivity contribution in [1.29, 1.82) is 0 Å². The van der Waals surface area contributed by atoms with Crippen LogP contribution in [0, 0.1) is 23.7 Å². The lowest BCUT2D eigenvalue weighted by atomic mass is 9.85. The van der Waals surface area contributed by atoms with E-state index in [4.69, 9.17) is 4.43 Å². The molecule has 0 amide bonds. The molecule has 0 aromatic heterocycles. The molecule has 2 nitrogen and oxygen atoms in total. The number of allylic oxidation sites excluding steroid dienone is 2. The quantitative estimate of drug-likeness (QED) is 0.386. The molecule has 3 saturated carbocycles. The predicted molar refractivity (Wildman–Crippen MR) is 112 cm³/mol. The Hall–Kier alpha value is -0.573. The second-order valence-electron chi connectivity index (χ2n) is 10.7. The lowest BCUT2D eigenvalue weighted by Gasteiger charge is -2.39. The standard InChI is InChI=1S/C23H40O2Si/c1-23(2,3)26(4,5)25-22(16-11-17-9-7-6-8-10-17)20-13-12-19-18(20)14-15-21(19)24/h16-20H,6-15H2,1-5H3/t18?,19?,20-/m0/s1. The fraction of sp³-hybridized carbons (Fsp3) is 0.870. The lowest BCUT2D eigenvalue weighted by molar-refractivity contribution is -0.120. The number of rotatable bonds is 5. The summed E-state index contributed by atoms with van der Waals surface area (Å²) in [5.74, 6) is 4.06. The Morgan fingerprint density at radius 1 is 1.08 bits per heavy atom. The minimum absolute atomic E-state index is 0.223. The molecule has 2 unspecified atom stereocenters. The van der Waals surface area contributed by atoms with E-state index in [0.29, 0.717) is 23.5 Å². The Balaban J connectivity index is 1.78. The monoisotopic (exact) mass is 376 g/mol. The number of hydrogen-bond donors (Lipinski definition) is 0. The van der Waals surface area contributed by atoms with E-state index in [9.17, 15) is 4.79 Å². The minimum Gasteiger partial charge on any atom is -0.547 e. The van der Waals surface area contributed by atoms with Crippen LogP contribution in [0.4, 0.5) is 0 Å². The first kappa shape index (κ1) is 20.2. The molecule has 3 fully saturated rings. The van der Waals surface area contributed by atoms with Crippen molar-refractivity contribution in [2.45, 2.75) is 103 Å². The van der Waals surface area contributed by atoms with E-state index in [2.05, 4.69) is 39.9 Å². The van der Waals surface area contributed by atoms with Gasteiger partial charge in [-0.2, -0.15) is 0 Å². The number of carbonyl (C=O) groups excluding carboxylic acids is 1. The van der Waals surface area contributed by atoms with Crippen molar-refractivity contribution in [3.63, 3.8) is 0 Å². The maximum absolute atomic E-state index is 12.2. The molecule has 0 aromatic rings. The fourth-order valence-corrected chi connectivity index (χ4v) is 6.27. The molecule has 3 aliphatic rings. The van der Waals surface area contributed by atoms with E-state index >= 15 is 0 Å². The Morgan fingerprint density at radius 2 is 1.77 bits per heavy atom. The summed E-state index contributed by atoms with van der Waals surface area (Å²) in [5.41, 5.74) is 0. The van der Waals surface area contributed by atoms with Gasteiger partial charge in [0.2, 0.25) is 8.32 Å². The van der Waals surface area contributed by atoms with Crippen molar-refractivity contribution in [3.8, 4) is 0 Å². The first-order valence-corrected chi connectivity index (χ1v) is 14.0. The summed E-state index contributed by atoms with van der Waals surface area (Å²) in [6.07, 6.45) is 14.8. The lowest BCUT2D eigenvalue weighted by Crippen LogP contribution is -2.41. The maximum atomic E-state index is 12.2. The summed E-state index contributed by atoms with van der Waals surface area (Å²) >= 11 is 0. The van der Waals surface area contributed by atoms with Crippen molar-refractivity contribution in [2.75, 3.05) is 0 Å². The van der Waals surface area contributed by atoms with E-state index in [-0.39, 0.29) is 5.04 Å². The van der Waals surface area contributed by atoms with E-state index in [1.807, 2.05) is 0 Å². The molecular formula is C23H40O2Si. The van der Waals surface area contributed by atoms with E-state index in [1.165, 1.54) is 44.3 Å². The number of carbonyl (C=O) groups is 1. The first-order chi connectivity index (χ1) is 12.2. The van der Waals surface area contributed by atoms with Crippen LogP contribution in [0.5, 0.6) is 0 Å². The SMILES string of the molecule is CC(C)(C)[Si](C)(C)OC(=CCC1CCCCC1)[C@H]1CCC2C(=O)CCC21. The molecule has 0 aliphatic heterocycles. The van der Waals surface area contributed by atoms with E-state index in [0.717, 1.165) is 31.6 Å². The van der Waals surface area contributed by atoms with Crippen LogP contribution in [0.1, 0.15) is 85.0 Å². The van der Waals surface area contributed by atoms with Crippen molar-refractivity contribution >= 4 is 14.1 Å². The van der Waals surface area contributed by atoms with Gasteiger partial charge in [0, 0.05) is 18.3 Å². The fourth-order valence-electron chi connectivity index (χ4n) is 5.14. The van der Waals surface area contributed by atoms with Gasteiger partial charge in [-0.15, -0.1) is 0 Å². The molecule has 3 atom stereocenters. The number of ketones is 1. The van der Waals surface area contributed by atoms with Gasteiger partial charge in [-0.1, -0.05) is 52.9 Å². The van der Waals surface area contributed by atoms with Crippen molar-refractivity contribution in [1.82, 2.24) is 0 Å². The van der Waals surface area contributed by atoms with Gasteiger partial charge in [0.05, 0.1) is 5.76 Å². The molecular weight excluding hydrogens is 336 g/mol. The van der Waals surface area contributed by atoms with Gasteiger partial charge in [0.15, 0.2) is 0 Å². The van der Waals surface area contributed by atoms with E-state index in [1.54, 1.807) is 0 Å². The van der Waals surface area contributed by atoms with Crippen LogP contribution in [0.2, 0.25) is 18.1 Å². The van der Waals surface area contributed by atoms with Gasteiger partial charge >= 0.3 is 0 Å². The summed E-state index contributed by atoms with van der Waals surface area (Å²) in [5, 5.41) is 0.223. The highest BCUT2D eigenvalue weighted by molar-refractivity contribution is 6.74. The van der Waals surface area contributed by atoms with Gasteiger partial charge in [0.1, 0.15) is 5.78 Å². The zero-order valence-corrected chi connectivity index (χ0v) is 18.8. The Labute approximate surface area is 162 Å². The molecule has 3 heteroatoms. The summed E-state index contributed by atoms with van der Waals surface area (Å²) < 4.78 is 6.91. The predicted octanol–water partition coefficient (Wildman–Crippen LogP) is 6.87. The Morgan fingerprint density at radius 3 is 2.42 bits per heavy atom. The van der Waals surface area contributed by atoms with E-state index < -0.39 is 8.32 Å². The second-order valence-corrected chi connectivity index (χ2v) is 15.4. The topological polar surface area (TPSA) is 26.3 Å². The summed E-state index contributed by atoms with van der Waals surface area (Å²) in [7, 11) is -1.84. The second kappa shape index (κ2) is 7.81. The van der Waals surface area contributed by atoms with Gasteiger partial charge in [-0.25, -0.2) is 0 Å². The zero-order chi connectivity index (χ0) is 18.9. The van der Waals surface area contributed by atoms with Gasteiger partial charge in [-0.3, -0.25) is 4.79 Å². The molecule has 148 valence electrons. The molecule has 3 aliphatic carbocycles. The third-order valence-corrected chi connectivity index (χ3v) is 12.2. The molecule has 0 radical (unpaired) electrons. The third-order valence-electron chi connectivity index (χ3n) is 7.88.